The summed E-state index contributed by atoms with van der Waals surface area (Å²) in [5.41, 5.74) is 1.69. The van der Waals surface area contributed by atoms with Gasteiger partial charge in [-0.2, -0.15) is 0 Å². The molecule has 0 radical (unpaired) electrons. The van der Waals surface area contributed by atoms with Crippen LogP contribution in [0.5, 0.6) is 0 Å². The van der Waals surface area contributed by atoms with Crippen LogP contribution < -0.4 is 0 Å². The Labute approximate surface area is 113 Å². The Hall–Kier alpha value is -0.550. The van der Waals surface area contributed by atoms with Crippen LogP contribution >= 0.6 is 15.9 Å². The molecule has 2 rings (SSSR count). The molecule has 0 aliphatic carbocycles. The highest BCUT2D eigenvalue weighted by Crippen LogP contribution is 2.28. The number of benzene rings is 1. The summed E-state index contributed by atoms with van der Waals surface area (Å²) >= 11 is 3.11. The van der Waals surface area contributed by atoms with Crippen molar-refractivity contribution in [3.63, 3.8) is 0 Å². The van der Waals surface area contributed by atoms with Crippen LogP contribution in [0.2, 0.25) is 0 Å². The van der Waals surface area contributed by atoms with Gasteiger partial charge in [0.05, 0.1) is 11.0 Å². The lowest BCUT2D eigenvalue weighted by Crippen LogP contribution is -2.42. The molecule has 1 aromatic rings. The van der Waals surface area contributed by atoms with E-state index in [-0.39, 0.29) is 18.8 Å². The standard InChI is InChI=1S/C13H15BrF3N/c1-9-5-11(14)12(15)6-10(9)7-18-4-2-3-13(16,17)8-18/h5-6H,2-4,7-8H2,1H3. The number of hydrogen-bond acceptors (Lipinski definition) is 1. The topological polar surface area (TPSA) is 3.24 Å². The molecule has 1 heterocycles. The predicted molar refractivity (Wildman–Crippen MR) is 68.3 cm³/mol. The van der Waals surface area contributed by atoms with Gasteiger partial charge in [-0.25, -0.2) is 13.2 Å². The summed E-state index contributed by atoms with van der Waals surface area (Å²) in [6.07, 6.45) is 0.447. The van der Waals surface area contributed by atoms with Crippen LogP contribution in [0.4, 0.5) is 13.2 Å². The Bertz CT molecular complexity index is 448. The van der Waals surface area contributed by atoms with Crippen molar-refractivity contribution in [2.24, 2.45) is 0 Å². The van der Waals surface area contributed by atoms with Gasteiger partial charge in [-0.05, 0) is 59.1 Å². The third-order valence-electron chi connectivity index (χ3n) is 3.24. The van der Waals surface area contributed by atoms with Crippen molar-refractivity contribution in [2.75, 3.05) is 13.1 Å². The molecule has 1 aromatic carbocycles. The van der Waals surface area contributed by atoms with Gasteiger partial charge in [0.25, 0.3) is 5.92 Å². The third kappa shape index (κ3) is 3.26. The monoisotopic (exact) mass is 321 g/mol. The van der Waals surface area contributed by atoms with Crippen molar-refractivity contribution in [1.29, 1.82) is 0 Å². The smallest absolute Gasteiger partial charge is 0.260 e. The van der Waals surface area contributed by atoms with Crippen LogP contribution in [-0.4, -0.2) is 23.9 Å². The molecule has 18 heavy (non-hydrogen) atoms. The first kappa shape index (κ1) is 13.9. The minimum absolute atomic E-state index is 0.0445. The second-order valence-corrected chi connectivity index (χ2v) is 5.72. The van der Waals surface area contributed by atoms with Crippen molar-refractivity contribution >= 4 is 15.9 Å². The number of alkyl halides is 2. The molecule has 0 unspecified atom stereocenters. The van der Waals surface area contributed by atoms with E-state index in [1.165, 1.54) is 6.07 Å². The van der Waals surface area contributed by atoms with E-state index >= 15 is 0 Å². The molecular formula is C13H15BrF3N. The largest absolute Gasteiger partial charge is 0.293 e. The van der Waals surface area contributed by atoms with E-state index in [1.807, 2.05) is 6.92 Å². The summed E-state index contributed by atoms with van der Waals surface area (Å²) in [4.78, 5) is 1.69. The maximum atomic E-state index is 13.5. The average molecular weight is 322 g/mol. The number of rotatable bonds is 2. The fourth-order valence-corrected chi connectivity index (χ4v) is 2.74. The van der Waals surface area contributed by atoms with Crippen LogP contribution in [0.3, 0.4) is 0 Å². The Kier molecular flexibility index (Phi) is 4.02. The van der Waals surface area contributed by atoms with Gasteiger partial charge in [-0.3, -0.25) is 4.90 Å². The number of piperidine rings is 1. The van der Waals surface area contributed by atoms with Gasteiger partial charge in [0.1, 0.15) is 5.82 Å². The van der Waals surface area contributed by atoms with Crippen molar-refractivity contribution < 1.29 is 13.2 Å². The molecule has 1 saturated heterocycles. The molecule has 1 fully saturated rings. The molecule has 0 bridgehead atoms. The molecule has 0 amide bonds. The second kappa shape index (κ2) is 5.21. The summed E-state index contributed by atoms with van der Waals surface area (Å²) in [5, 5.41) is 0. The first-order chi connectivity index (χ1) is 8.37. The average Bonchev–Trinajstić information content (AvgIpc) is 2.24. The van der Waals surface area contributed by atoms with E-state index in [1.54, 1.807) is 11.0 Å². The third-order valence-corrected chi connectivity index (χ3v) is 3.85. The highest BCUT2D eigenvalue weighted by Gasteiger charge is 2.35. The van der Waals surface area contributed by atoms with Crippen LogP contribution in [0.25, 0.3) is 0 Å². The van der Waals surface area contributed by atoms with Crippen molar-refractivity contribution in [3.8, 4) is 0 Å². The molecule has 0 atom stereocenters. The van der Waals surface area contributed by atoms with Crippen LogP contribution in [-0.2, 0) is 6.54 Å². The zero-order chi connectivity index (χ0) is 13.3. The van der Waals surface area contributed by atoms with Gasteiger partial charge in [0.15, 0.2) is 0 Å². The molecule has 1 aliphatic rings. The Morgan fingerprint density at radius 3 is 2.78 bits per heavy atom. The zero-order valence-electron chi connectivity index (χ0n) is 10.1. The summed E-state index contributed by atoms with van der Waals surface area (Å²) in [7, 11) is 0. The highest BCUT2D eigenvalue weighted by atomic mass is 79.9. The first-order valence-corrected chi connectivity index (χ1v) is 6.71. The number of nitrogens with zero attached hydrogens (tertiary/aromatic N) is 1. The quantitative estimate of drug-likeness (QED) is 0.791. The summed E-state index contributed by atoms with van der Waals surface area (Å²) < 4.78 is 40.4. The predicted octanol–water partition coefficient (Wildman–Crippen LogP) is 4.13. The van der Waals surface area contributed by atoms with Gasteiger partial charge in [0, 0.05) is 13.0 Å². The van der Waals surface area contributed by atoms with E-state index in [0.717, 1.165) is 11.1 Å². The van der Waals surface area contributed by atoms with E-state index in [9.17, 15) is 13.2 Å². The SMILES string of the molecule is Cc1cc(Br)c(F)cc1CN1CCCC(F)(F)C1. The fraction of sp³-hybridized carbons (Fsp3) is 0.538. The lowest BCUT2D eigenvalue weighted by Gasteiger charge is -2.32. The maximum absolute atomic E-state index is 13.5. The minimum atomic E-state index is -2.61. The zero-order valence-corrected chi connectivity index (χ0v) is 11.7. The molecule has 0 spiro atoms. The summed E-state index contributed by atoms with van der Waals surface area (Å²) in [6.45, 7) is 2.66. The van der Waals surface area contributed by atoms with Crippen molar-refractivity contribution in [3.05, 3.63) is 33.5 Å². The van der Waals surface area contributed by atoms with Crippen LogP contribution in [0.15, 0.2) is 16.6 Å². The lowest BCUT2D eigenvalue weighted by molar-refractivity contribution is -0.0661. The molecule has 1 aliphatic heterocycles. The Morgan fingerprint density at radius 2 is 2.11 bits per heavy atom. The van der Waals surface area contributed by atoms with Gasteiger partial charge in [0.2, 0.25) is 0 Å². The van der Waals surface area contributed by atoms with E-state index in [0.29, 0.717) is 24.0 Å². The van der Waals surface area contributed by atoms with Crippen molar-refractivity contribution in [1.82, 2.24) is 4.90 Å². The number of halogens is 4. The van der Waals surface area contributed by atoms with Crippen LogP contribution in [0.1, 0.15) is 24.0 Å². The highest BCUT2D eigenvalue weighted by molar-refractivity contribution is 9.10. The maximum Gasteiger partial charge on any atom is 0.260 e. The molecule has 1 nitrogen and oxygen atoms in total. The van der Waals surface area contributed by atoms with E-state index in [4.69, 9.17) is 0 Å². The molecule has 0 aromatic heterocycles. The fourth-order valence-electron chi connectivity index (χ4n) is 2.28. The Balaban J connectivity index is 2.12. The minimum Gasteiger partial charge on any atom is -0.293 e. The molecular weight excluding hydrogens is 307 g/mol. The Morgan fingerprint density at radius 1 is 1.39 bits per heavy atom. The number of hydrogen-bond donors (Lipinski definition) is 0. The van der Waals surface area contributed by atoms with Gasteiger partial charge in [-0.15, -0.1) is 0 Å². The summed E-state index contributed by atoms with van der Waals surface area (Å²) in [6, 6.07) is 3.11. The molecule has 0 N–H and O–H groups in total. The molecule has 100 valence electrons. The lowest BCUT2D eigenvalue weighted by atomic mass is 10.0. The van der Waals surface area contributed by atoms with E-state index in [2.05, 4.69) is 15.9 Å². The number of aryl methyl sites for hydroxylation is 1. The normalized spacial score (nSPS) is 20.1. The van der Waals surface area contributed by atoms with E-state index < -0.39 is 5.92 Å². The molecule has 5 heteroatoms. The van der Waals surface area contributed by atoms with Crippen LogP contribution in [0, 0.1) is 12.7 Å². The number of likely N-dealkylation sites (tertiary alicyclic amines) is 1. The van der Waals surface area contributed by atoms with Gasteiger partial charge >= 0.3 is 0 Å². The first-order valence-electron chi connectivity index (χ1n) is 5.92. The van der Waals surface area contributed by atoms with Gasteiger partial charge in [-0.1, -0.05) is 0 Å². The van der Waals surface area contributed by atoms with Gasteiger partial charge < -0.3 is 0 Å². The molecule has 0 saturated carbocycles. The summed E-state index contributed by atoms with van der Waals surface area (Å²) in [5.74, 6) is -2.96. The second-order valence-electron chi connectivity index (χ2n) is 4.86. The van der Waals surface area contributed by atoms with Crippen molar-refractivity contribution in [2.45, 2.75) is 32.2 Å².